The second kappa shape index (κ2) is 9.04. The minimum Gasteiger partial charge on any atom is -0.388 e. The number of aliphatic hydroxyl groups excluding tert-OH is 1. The summed E-state index contributed by atoms with van der Waals surface area (Å²) in [5.41, 5.74) is 5.29. The molecule has 21 heavy (non-hydrogen) atoms. The van der Waals surface area contributed by atoms with Gasteiger partial charge in [-0.15, -0.1) is 0 Å². The molecule has 0 amide bonds. The summed E-state index contributed by atoms with van der Waals surface area (Å²) in [5, 5.41) is 10.5. The number of hydrogen-bond donors (Lipinski definition) is 1. The molecule has 0 bridgehead atoms. The lowest BCUT2D eigenvalue weighted by Crippen LogP contribution is -2.15. The van der Waals surface area contributed by atoms with Gasteiger partial charge in [-0.2, -0.15) is 0 Å². The highest BCUT2D eigenvalue weighted by Gasteiger charge is 2.14. The molecule has 0 saturated carbocycles. The van der Waals surface area contributed by atoms with Crippen molar-refractivity contribution in [3.8, 4) is 0 Å². The van der Waals surface area contributed by atoms with E-state index in [1.54, 1.807) is 0 Å². The van der Waals surface area contributed by atoms with Crippen LogP contribution in [0.4, 0.5) is 0 Å². The van der Waals surface area contributed by atoms with Gasteiger partial charge in [0.1, 0.15) is 0 Å². The summed E-state index contributed by atoms with van der Waals surface area (Å²) in [6.45, 7) is 10.9. The first-order valence-electron chi connectivity index (χ1n) is 8.26. The molecule has 0 aromatic carbocycles. The third-order valence-corrected chi connectivity index (χ3v) is 4.19. The SMILES string of the molecule is C/C1=C\C=C(\C(C)C)[C@H](O)C/C(C)=C/CC/C(C)=C/CC1. The summed E-state index contributed by atoms with van der Waals surface area (Å²) >= 11 is 0. The van der Waals surface area contributed by atoms with Crippen molar-refractivity contribution >= 4 is 0 Å². The largest absolute Gasteiger partial charge is 0.388 e. The lowest BCUT2D eigenvalue weighted by Gasteiger charge is -2.19. The number of allylic oxidation sites excluding steroid dienone is 6. The summed E-state index contributed by atoms with van der Waals surface area (Å²) in [6, 6.07) is 0. The number of aliphatic hydroxyl groups is 1. The third kappa shape index (κ3) is 6.95. The summed E-state index contributed by atoms with van der Waals surface area (Å²) in [4.78, 5) is 0. The Morgan fingerprint density at radius 1 is 0.905 bits per heavy atom. The van der Waals surface area contributed by atoms with E-state index in [-0.39, 0.29) is 6.10 Å². The van der Waals surface area contributed by atoms with Crippen molar-refractivity contribution in [1.29, 1.82) is 0 Å². The Kier molecular flexibility index (Phi) is 7.74. The van der Waals surface area contributed by atoms with Crippen LogP contribution >= 0.6 is 0 Å². The van der Waals surface area contributed by atoms with Gasteiger partial charge in [-0.3, -0.25) is 0 Å². The van der Waals surface area contributed by atoms with E-state index in [2.05, 4.69) is 58.9 Å². The Bertz CT molecular complexity index is 446. The average Bonchev–Trinajstić information content (AvgIpc) is 2.37. The molecule has 1 aliphatic rings. The second-order valence-electron chi connectivity index (χ2n) is 6.73. The van der Waals surface area contributed by atoms with Gasteiger partial charge in [0, 0.05) is 0 Å². The van der Waals surface area contributed by atoms with Crippen molar-refractivity contribution in [2.24, 2.45) is 5.92 Å². The van der Waals surface area contributed by atoms with Gasteiger partial charge in [-0.1, -0.05) is 54.9 Å². The van der Waals surface area contributed by atoms with Gasteiger partial charge in [0.05, 0.1) is 6.10 Å². The van der Waals surface area contributed by atoms with Gasteiger partial charge in [-0.05, 0) is 64.4 Å². The average molecular weight is 288 g/mol. The fraction of sp³-hybridized carbons (Fsp3) is 0.600. The van der Waals surface area contributed by atoms with Crippen molar-refractivity contribution in [3.05, 3.63) is 46.6 Å². The molecule has 0 aliphatic heterocycles. The van der Waals surface area contributed by atoms with Crippen molar-refractivity contribution in [2.75, 3.05) is 0 Å². The molecular formula is C20H32O. The van der Waals surface area contributed by atoms with E-state index in [4.69, 9.17) is 0 Å². The van der Waals surface area contributed by atoms with Gasteiger partial charge in [0.25, 0.3) is 0 Å². The molecule has 1 rings (SSSR count). The first kappa shape index (κ1) is 18.0. The molecule has 0 heterocycles. The standard InChI is InChI=1S/C20H32O/c1-15(2)19-13-12-17(4)10-6-8-16(3)9-7-11-18(5)14-20(19)21/h8,11-13,15,20-21H,6-7,9-10,14H2,1-5H3/b16-8+,17-12+,18-11+,19-13-/t20-/m1/s1. The van der Waals surface area contributed by atoms with E-state index in [9.17, 15) is 5.11 Å². The zero-order chi connectivity index (χ0) is 15.8. The summed E-state index contributed by atoms with van der Waals surface area (Å²) in [6.07, 6.45) is 13.8. The van der Waals surface area contributed by atoms with E-state index < -0.39 is 0 Å². The molecule has 118 valence electrons. The van der Waals surface area contributed by atoms with E-state index in [0.717, 1.165) is 37.7 Å². The summed E-state index contributed by atoms with van der Waals surface area (Å²) in [7, 11) is 0. The van der Waals surface area contributed by atoms with Gasteiger partial charge in [0.15, 0.2) is 0 Å². The van der Waals surface area contributed by atoms with E-state index in [1.165, 1.54) is 16.7 Å². The molecule has 0 spiro atoms. The second-order valence-corrected chi connectivity index (χ2v) is 6.73. The monoisotopic (exact) mass is 288 g/mol. The molecular weight excluding hydrogens is 256 g/mol. The van der Waals surface area contributed by atoms with Crippen LogP contribution in [0, 0.1) is 5.92 Å². The van der Waals surface area contributed by atoms with Crippen LogP contribution in [0.2, 0.25) is 0 Å². The minimum atomic E-state index is -0.357. The van der Waals surface area contributed by atoms with Crippen LogP contribution in [0.3, 0.4) is 0 Å². The van der Waals surface area contributed by atoms with Crippen LogP contribution in [-0.4, -0.2) is 11.2 Å². The number of rotatable bonds is 1. The highest BCUT2D eigenvalue weighted by Crippen LogP contribution is 2.22. The zero-order valence-corrected chi connectivity index (χ0v) is 14.4. The van der Waals surface area contributed by atoms with Crippen LogP contribution in [0.5, 0.6) is 0 Å². The molecule has 1 N–H and O–H groups in total. The van der Waals surface area contributed by atoms with Crippen LogP contribution in [0.15, 0.2) is 46.6 Å². The predicted molar refractivity (Wildman–Crippen MR) is 93.3 cm³/mol. The smallest absolute Gasteiger partial charge is 0.0792 e. The number of hydrogen-bond acceptors (Lipinski definition) is 1. The van der Waals surface area contributed by atoms with Crippen molar-refractivity contribution < 1.29 is 5.11 Å². The molecule has 1 nitrogen and oxygen atoms in total. The van der Waals surface area contributed by atoms with Crippen molar-refractivity contribution in [3.63, 3.8) is 0 Å². The quantitative estimate of drug-likeness (QED) is 0.611. The Labute approximate surface area is 131 Å². The van der Waals surface area contributed by atoms with Gasteiger partial charge in [-0.25, -0.2) is 0 Å². The van der Waals surface area contributed by atoms with Crippen molar-refractivity contribution in [2.45, 2.75) is 72.8 Å². The van der Waals surface area contributed by atoms with Gasteiger partial charge < -0.3 is 5.11 Å². The zero-order valence-electron chi connectivity index (χ0n) is 14.4. The molecule has 0 saturated heterocycles. The molecule has 1 heteroatoms. The van der Waals surface area contributed by atoms with Crippen molar-refractivity contribution in [1.82, 2.24) is 0 Å². The maximum absolute atomic E-state index is 10.5. The first-order chi connectivity index (χ1) is 9.90. The lowest BCUT2D eigenvalue weighted by atomic mass is 9.92. The van der Waals surface area contributed by atoms with E-state index >= 15 is 0 Å². The predicted octanol–water partition coefficient (Wildman–Crippen LogP) is 5.73. The molecule has 0 fully saturated rings. The Balaban J connectivity index is 3.00. The lowest BCUT2D eigenvalue weighted by molar-refractivity contribution is 0.200. The van der Waals surface area contributed by atoms with Crippen LogP contribution in [0.1, 0.15) is 66.7 Å². The van der Waals surface area contributed by atoms with Gasteiger partial charge in [0.2, 0.25) is 0 Å². The fourth-order valence-corrected chi connectivity index (χ4v) is 2.71. The fourth-order valence-electron chi connectivity index (χ4n) is 2.71. The molecule has 0 aromatic heterocycles. The maximum atomic E-state index is 10.5. The maximum Gasteiger partial charge on any atom is 0.0792 e. The normalized spacial score (nSPS) is 32.8. The highest BCUT2D eigenvalue weighted by atomic mass is 16.3. The molecule has 0 unspecified atom stereocenters. The van der Waals surface area contributed by atoms with E-state index in [1.807, 2.05) is 0 Å². The Morgan fingerprint density at radius 3 is 2.10 bits per heavy atom. The molecule has 1 aliphatic carbocycles. The Morgan fingerprint density at radius 2 is 1.48 bits per heavy atom. The molecule has 0 radical (unpaired) electrons. The van der Waals surface area contributed by atoms with E-state index in [0.29, 0.717) is 5.92 Å². The van der Waals surface area contributed by atoms with Gasteiger partial charge >= 0.3 is 0 Å². The first-order valence-corrected chi connectivity index (χ1v) is 8.26. The minimum absolute atomic E-state index is 0.357. The van der Waals surface area contributed by atoms with Crippen LogP contribution in [0.25, 0.3) is 0 Å². The topological polar surface area (TPSA) is 20.2 Å². The highest BCUT2D eigenvalue weighted by molar-refractivity contribution is 5.23. The summed E-state index contributed by atoms with van der Waals surface area (Å²) in [5.74, 6) is 0.381. The third-order valence-electron chi connectivity index (χ3n) is 4.19. The Hall–Kier alpha value is -1.08. The molecule has 0 aromatic rings. The van der Waals surface area contributed by atoms with Crippen LogP contribution < -0.4 is 0 Å². The van der Waals surface area contributed by atoms with Crippen LogP contribution in [-0.2, 0) is 0 Å². The molecule has 1 atom stereocenters. The summed E-state index contributed by atoms with van der Waals surface area (Å²) < 4.78 is 0.